The lowest BCUT2D eigenvalue weighted by Crippen LogP contribution is -2.55. The first-order valence-electron chi connectivity index (χ1n) is 13.6. The Bertz CT molecular complexity index is 1460. The monoisotopic (exact) mass is 633 g/mol. The molecule has 0 heterocycles. The van der Waals surface area contributed by atoms with Gasteiger partial charge in [-0.25, -0.2) is 8.42 Å². The minimum atomic E-state index is -4.22. The number of benzene rings is 3. The molecule has 3 aromatic rings. The summed E-state index contributed by atoms with van der Waals surface area (Å²) in [4.78, 5) is 28.9. The summed E-state index contributed by atoms with van der Waals surface area (Å²) in [6.45, 7) is 9.19. The molecular formula is C31H37Cl2N3O5S. The number of carbonyl (C=O) groups is 2. The molecule has 8 nitrogen and oxygen atoms in total. The molecule has 0 aliphatic heterocycles. The Balaban J connectivity index is 2.07. The molecule has 0 aromatic heterocycles. The molecule has 0 saturated heterocycles. The van der Waals surface area contributed by atoms with Gasteiger partial charge in [-0.05, 0) is 100 Å². The van der Waals surface area contributed by atoms with Crippen LogP contribution in [0.25, 0.3) is 0 Å². The van der Waals surface area contributed by atoms with E-state index in [1.54, 1.807) is 48.5 Å². The van der Waals surface area contributed by atoms with Crippen molar-refractivity contribution in [2.24, 2.45) is 0 Å². The van der Waals surface area contributed by atoms with E-state index in [2.05, 4.69) is 5.32 Å². The van der Waals surface area contributed by atoms with Crippen LogP contribution in [0.2, 0.25) is 10.0 Å². The molecular weight excluding hydrogens is 597 g/mol. The molecule has 0 radical (unpaired) electrons. The second kappa shape index (κ2) is 14.3. The average Bonchev–Trinajstić information content (AvgIpc) is 2.92. The number of carbonyl (C=O) groups excluding carboxylic acids is 2. The van der Waals surface area contributed by atoms with Crippen LogP contribution in [0.1, 0.15) is 46.6 Å². The van der Waals surface area contributed by atoms with Crippen molar-refractivity contribution in [1.82, 2.24) is 10.2 Å². The number of nitrogens with one attached hydrogen (secondary N) is 1. The van der Waals surface area contributed by atoms with E-state index < -0.39 is 34.1 Å². The second-order valence-corrected chi connectivity index (χ2v) is 13.4. The fourth-order valence-corrected chi connectivity index (χ4v) is 5.96. The molecule has 0 aliphatic rings. The highest BCUT2D eigenvalue weighted by atomic mass is 35.5. The zero-order valence-corrected chi connectivity index (χ0v) is 26.8. The maximum atomic E-state index is 14.1. The minimum absolute atomic E-state index is 0.0321. The predicted octanol–water partition coefficient (Wildman–Crippen LogP) is 6.31. The number of nitrogens with zero attached hydrogens (tertiary/aromatic N) is 2. The van der Waals surface area contributed by atoms with E-state index in [0.717, 1.165) is 9.87 Å². The third-order valence-corrected chi connectivity index (χ3v) is 8.56. The summed E-state index contributed by atoms with van der Waals surface area (Å²) in [5, 5.41) is 3.86. The highest BCUT2D eigenvalue weighted by Gasteiger charge is 2.34. The summed E-state index contributed by atoms with van der Waals surface area (Å²) in [5.74, 6) is -0.321. The number of amides is 2. The Morgan fingerprint density at radius 3 is 1.93 bits per heavy atom. The zero-order chi connectivity index (χ0) is 31.1. The van der Waals surface area contributed by atoms with Crippen molar-refractivity contribution in [2.75, 3.05) is 17.5 Å². The van der Waals surface area contributed by atoms with Gasteiger partial charge in [0, 0.05) is 22.1 Å². The molecule has 0 saturated carbocycles. The van der Waals surface area contributed by atoms with Crippen LogP contribution in [0.3, 0.4) is 0 Å². The quantitative estimate of drug-likeness (QED) is 0.252. The summed E-state index contributed by atoms with van der Waals surface area (Å²) >= 11 is 12.1. The lowest BCUT2D eigenvalue weighted by Gasteiger charge is -2.34. The van der Waals surface area contributed by atoms with Gasteiger partial charge in [-0.3, -0.25) is 13.9 Å². The van der Waals surface area contributed by atoms with Crippen LogP contribution in [0.15, 0.2) is 77.7 Å². The Morgan fingerprint density at radius 1 is 0.881 bits per heavy atom. The fourth-order valence-electron chi connectivity index (χ4n) is 4.30. The van der Waals surface area contributed by atoms with Gasteiger partial charge in [-0.15, -0.1) is 0 Å². The van der Waals surface area contributed by atoms with Crippen molar-refractivity contribution in [3.8, 4) is 5.75 Å². The normalized spacial score (nSPS) is 12.4. The van der Waals surface area contributed by atoms with Gasteiger partial charge in [0.2, 0.25) is 11.8 Å². The van der Waals surface area contributed by atoms with Crippen molar-refractivity contribution in [3.05, 3.63) is 88.4 Å². The van der Waals surface area contributed by atoms with Crippen LogP contribution < -0.4 is 14.4 Å². The predicted molar refractivity (Wildman–Crippen MR) is 168 cm³/mol. The van der Waals surface area contributed by atoms with Gasteiger partial charge in [-0.2, -0.15) is 0 Å². The molecule has 226 valence electrons. The molecule has 1 unspecified atom stereocenters. The van der Waals surface area contributed by atoms with E-state index in [9.17, 15) is 18.0 Å². The molecule has 0 bridgehead atoms. The molecule has 3 aromatic carbocycles. The summed E-state index contributed by atoms with van der Waals surface area (Å²) in [6, 6.07) is 18.3. The van der Waals surface area contributed by atoms with E-state index >= 15 is 0 Å². The van der Waals surface area contributed by atoms with E-state index in [0.29, 0.717) is 28.8 Å². The summed E-state index contributed by atoms with van der Waals surface area (Å²) in [5.41, 5.74) is 0.467. The summed E-state index contributed by atoms with van der Waals surface area (Å²) in [7, 11) is -4.22. The first-order chi connectivity index (χ1) is 19.7. The maximum Gasteiger partial charge on any atom is 0.264 e. The number of ether oxygens (including phenoxy) is 1. The lowest BCUT2D eigenvalue weighted by molar-refractivity contribution is -0.141. The second-order valence-electron chi connectivity index (χ2n) is 10.7. The van der Waals surface area contributed by atoms with Gasteiger partial charge in [0.1, 0.15) is 18.3 Å². The van der Waals surface area contributed by atoms with Gasteiger partial charge >= 0.3 is 0 Å². The Hall–Kier alpha value is -3.27. The van der Waals surface area contributed by atoms with Crippen molar-refractivity contribution in [2.45, 2.75) is 64.1 Å². The van der Waals surface area contributed by atoms with Crippen LogP contribution in [0.5, 0.6) is 5.75 Å². The third-order valence-electron chi connectivity index (χ3n) is 6.27. The van der Waals surface area contributed by atoms with E-state index in [-0.39, 0.29) is 23.0 Å². The standard InChI is InChI=1S/C31H37Cl2N3O5S/c1-6-28(30(38)34-31(3,4)5)35(20-22-8-10-23(32)11-9-22)29(37)21-36(25-14-16-26(17-15-25)41-7-2)42(39,40)27-18-12-24(33)13-19-27/h8-19,28H,6-7,20-21H2,1-5H3,(H,34,38). The fraction of sp³-hybridized carbons (Fsp3) is 0.355. The molecule has 2 amide bonds. The van der Waals surface area contributed by atoms with E-state index in [1.807, 2.05) is 34.6 Å². The average molecular weight is 635 g/mol. The first-order valence-corrected chi connectivity index (χ1v) is 15.8. The van der Waals surface area contributed by atoms with Gasteiger partial charge in [-0.1, -0.05) is 42.3 Å². The zero-order valence-electron chi connectivity index (χ0n) is 24.4. The molecule has 11 heteroatoms. The van der Waals surface area contributed by atoms with Gasteiger partial charge in [0.05, 0.1) is 17.2 Å². The number of sulfonamides is 1. The van der Waals surface area contributed by atoms with Gasteiger partial charge in [0.25, 0.3) is 10.0 Å². The third kappa shape index (κ3) is 8.86. The first kappa shape index (κ1) is 33.2. The topological polar surface area (TPSA) is 96.0 Å². The van der Waals surface area contributed by atoms with Crippen molar-refractivity contribution < 1.29 is 22.7 Å². The molecule has 42 heavy (non-hydrogen) atoms. The van der Waals surface area contributed by atoms with Crippen molar-refractivity contribution >= 4 is 50.7 Å². The highest BCUT2D eigenvalue weighted by Crippen LogP contribution is 2.28. The van der Waals surface area contributed by atoms with Crippen LogP contribution in [0.4, 0.5) is 5.69 Å². The summed E-state index contributed by atoms with van der Waals surface area (Å²) < 4.78 is 34.5. The molecule has 1 N–H and O–H groups in total. The van der Waals surface area contributed by atoms with Crippen LogP contribution in [-0.4, -0.2) is 49.9 Å². The molecule has 3 rings (SSSR count). The maximum absolute atomic E-state index is 14.1. The van der Waals surface area contributed by atoms with Crippen LogP contribution in [-0.2, 0) is 26.2 Å². The van der Waals surface area contributed by atoms with Crippen molar-refractivity contribution in [1.29, 1.82) is 0 Å². The molecule has 0 aliphatic carbocycles. The number of rotatable bonds is 12. The largest absolute Gasteiger partial charge is 0.494 e. The van der Waals surface area contributed by atoms with Crippen LogP contribution >= 0.6 is 23.2 Å². The number of hydrogen-bond donors (Lipinski definition) is 1. The smallest absolute Gasteiger partial charge is 0.264 e. The van der Waals surface area contributed by atoms with E-state index in [4.69, 9.17) is 27.9 Å². The van der Waals surface area contributed by atoms with Crippen molar-refractivity contribution in [3.63, 3.8) is 0 Å². The number of halogens is 2. The summed E-state index contributed by atoms with van der Waals surface area (Å²) in [6.07, 6.45) is 0.314. The molecule has 0 spiro atoms. The Morgan fingerprint density at radius 2 is 1.43 bits per heavy atom. The Labute approximate surface area is 258 Å². The Kier molecular flexibility index (Phi) is 11.3. The minimum Gasteiger partial charge on any atom is -0.494 e. The van der Waals surface area contributed by atoms with Gasteiger partial charge < -0.3 is 15.0 Å². The lowest BCUT2D eigenvalue weighted by atomic mass is 10.1. The number of anilines is 1. The molecule has 0 fully saturated rings. The van der Waals surface area contributed by atoms with Crippen LogP contribution in [0, 0.1) is 0 Å². The molecule has 1 atom stereocenters. The SMILES string of the molecule is CCOc1ccc(N(CC(=O)N(Cc2ccc(Cl)cc2)C(CC)C(=O)NC(C)(C)C)S(=O)(=O)c2ccc(Cl)cc2)cc1. The van der Waals surface area contributed by atoms with Gasteiger partial charge in [0.15, 0.2) is 0 Å². The highest BCUT2D eigenvalue weighted by molar-refractivity contribution is 7.92. The van der Waals surface area contributed by atoms with E-state index in [1.165, 1.54) is 29.2 Å². The number of hydrogen-bond acceptors (Lipinski definition) is 5.